The summed E-state index contributed by atoms with van der Waals surface area (Å²) in [6.45, 7) is 7.12. The maximum Gasteiger partial charge on any atom is 0.250 e. The van der Waals surface area contributed by atoms with E-state index in [2.05, 4.69) is 66.4 Å². The van der Waals surface area contributed by atoms with Gasteiger partial charge in [0.15, 0.2) is 0 Å². The molecule has 4 heteroatoms. The third kappa shape index (κ3) is 5.09. The smallest absolute Gasteiger partial charge is 0.250 e. The number of allylic oxidation sites excluding steroid dienone is 2. The van der Waals surface area contributed by atoms with Gasteiger partial charge in [-0.3, -0.25) is 4.79 Å². The molecule has 0 aliphatic rings. The van der Waals surface area contributed by atoms with E-state index in [9.17, 15) is 4.79 Å². The first-order chi connectivity index (χ1) is 11.1. The highest BCUT2D eigenvalue weighted by Gasteiger charge is 2.11. The fraction of sp³-hybridized carbons (Fsp3) is 0.368. The van der Waals surface area contributed by atoms with Crippen molar-refractivity contribution in [2.24, 2.45) is 0 Å². The van der Waals surface area contributed by atoms with Gasteiger partial charge in [0.05, 0.1) is 12.0 Å². The lowest BCUT2D eigenvalue weighted by Crippen LogP contribution is -2.22. The lowest BCUT2D eigenvalue weighted by atomic mass is 9.96. The van der Waals surface area contributed by atoms with Crippen LogP contribution in [0.1, 0.15) is 50.3 Å². The monoisotopic (exact) mass is 311 g/mol. The van der Waals surface area contributed by atoms with Crippen LogP contribution in [0.15, 0.2) is 59.3 Å². The lowest BCUT2D eigenvalue weighted by Gasteiger charge is -2.18. The second kappa shape index (κ2) is 8.32. The molecule has 0 radical (unpaired) electrons. The quantitative estimate of drug-likeness (QED) is 0.822. The molecule has 2 unspecified atom stereocenters. The van der Waals surface area contributed by atoms with Gasteiger partial charge in [0.25, 0.3) is 5.56 Å². The summed E-state index contributed by atoms with van der Waals surface area (Å²) in [5.74, 6) is 0.641. The number of hydrogen-bond acceptors (Lipinski definition) is 3. The Bertz CT molecular complexity index is 691. The van der Waals surface area contributed by atoms with Crippen LogP contribution in [-0.2, 0) is 0 Å². The maximum absolute atomic E-state index is 11.4. The zero-order valence-corrected chi connectivity index (χ0v) is 14.0. The molecule has 0 spiro atoms. The highest BCUT2D eigenvalue weighted by Crippen LogP contribution is 2.22. The molecule has 2 aromatic rings. The Labute approximate surface area is 137 Å². The van der Waals surface area contributed by atoms with Gasteiger partial charge >= 0.3 is 0 Å². The van der Waals surface area contributed by atoms with Crippen LogP contribution in [0.4, 0.5) is 0 Å². The molecule has 0 aliphatic carbocycles. The molecule has 1 aromatic carbocycles. The van der Waals surface area contributed by atoms with Crippen molar-refractivity contribution in [3.63, 3.8) is 0 Å². The summed E-state index contributed by atoms with van der Waals surface area (Å²) in [5, 5.41) is 3.50. The van der Waals surface area contributed by atoms with E-state index >= 15 is 0 Å². The van der Waals surface area contributed by atoms with Crippen LogP contribution in [0.25, 0.3) is 0 Å². The van der Waals surface area contributed by atoms with Crippen molar-refractivity contribution in [2.75, 3.05) is 6.54 Å². The van der Waals surface area contributed by atoms with Gasteiger partial charge in [-0.2, -0.15) is 0 Å². The molecule has 1 aromatic heterocycles. The summed E-state index contributed by atoms with van der Waals surface area (Å²) >= 11 is 0. The number of hydrogen-bond donors (Lipinski definition) is 2. The number of nitrogens with one attached hydrogen (secondary N) is 2. The Hall–Kier alpha value is -2.36. The van der Waals surface area contributed by atoms with Crippen molar-refractivity contribution in [2.45, 2.75) is 39.0 Å². The van der Waals surface area contributed by atoms with E-state index in [1.807, 2.05) is 6.07 Å². The Balaban J connectivity index is 1.91. The Kier molecular flexibility index (Phi) is 6.15. The molecule has 0 aliphatic heterocycles. The first-order valence-electron chi connectivity index (χ1n) is 8.08. The van der Waals surface area contributed by atoms with Crippen molar-refractivity contribution in [1.29, 1.82) is 0 Å². The fourth-order valence-corrected chi connectivity index (χ4v) is 2.56. The van der Waals surface area contributed by atoms with E-state index in [1.54, 1.807) is 6.07 Å². The van der Waals surface area contributed by atoms with Crippen molar-refractivity contribution in [1.82, 2.24) is 15.3 Å². The van der Waals surface area contributed by atoms with Gasteiger partial charge in [0.2, 0.25) is 0 Å². The van der Waals surface area contributed by atoms with E-state index in [0.717, 1.165) is 18.7 Å². The SMILES string of the molecule is C/C=C(\CC(C)c1ccccc1)NCC(C)c1cc(=O)[nH]cn1. The van der Waals surface area contributed by atoms with Gasteiger partial charge in [-0.15, -0.1) is 0 Å². The Morgan fingerprint density at radius 1 is 1.26 bits per heavy atom. The maximum atomic E-state index is 11.4. The van der Waals surface area contributed by atoms with Crippen molar-refractivity contribution in [3.05, 3.63) is 76.1 Å². The van der Waals surface area contributed by atoms with E-state index < -0.39 is 0 Å². The van der Waals surface area contributed by atoms with Gasteiger partial charge in [0, 0.05) is 24.2 Å². The van der Waals surface area contributed by atoms with Gasteiger partial charge in [-0.25, -0.2) is 4.98 Å². The summed E-state index contributed by atoms with van der Waals surface area (Å²) in [6.07, 6.45) is 4.55. The Morgan fingerprint density at radius 2 is 2.00 bits per heavy atom. The number of benzene rings is 1. The molecule has 0 bridgehead atoms. The summed E-state index contributed by atoms with van der Waals surface area (Å²) in [7, 11) is 0. The van der Waals surface area contributed by atoms with Gasteiger partial charge < -0.3 is 10.3 Å². The van der Waals surface area contributed by atoms with Gasteiger partial charge in [-0.1, -0.05) is 50.3 Å². The molecule has 0 saturated heterocycles. The second-order valence-electron chi connectivity index (χ2n) is 5.95. The van der Waals surface area contributed by atoms with Crippen LogP contribution >= 0.6 is 0 Å². The molecule has 2 rings (SSSR count). The van der Waals surface area contributed by atoms with Crippen molar-refractivity contribution >= 4 is 0 Å². The van der Waals surface area contributed by atoms with E-state index in [1.165, 1.54) is 17.6 Å². The molecule has 1 heterocycles. The highest BCUT2D eigenvalue weighted by molar-refractivity contribution is 5.21. The molecule has 2 N–H and O–H groups in total. The van der Waals surface area contributed by atoms with Crippen LogP contribution in [0.5, 0.6) is 0 Å². The molecule has 0 fully saturated rings. The number of aromatic nitrogens is 2. The number of rotatable bonds is 7. The largest absolute Gasteiger partial charge is 0.388 e. The van der Waals surface area contributed by atoms with E-state index in [-0.39, 0.29) is 11.5 Å². The zero-order chi connectivity index (χ0) is 16.7. The second-order valence-corrected chi connectivity index (χ2v) is 5.95. The van der Waals surface area contributed by atoms with Crippen molar-refractivity contribution in [3.8, 4) is 0 Å². The minimum atomic E-state index is -0.106. The fourth-order valence-electron chi connectivity index (χ4n) is 2.56. The number of nitrogens with zero attached hydrogens (tertiary/aromatic N) is 1. The first-order valence-corrected chi connectivity index (χ1v) is 8.08. The predicted molar refractivity (Wildman–Crippen MR) is 94.5 cm³/mol. The third-order valence-electron chi connectivity index (χ3n) is 4.08. The lowest BCUT2D eigenvalue weighted by molar-refractivity contribution is 0.617. The normalized spacial score (nSPS) is 14.3. The summed E-state index contributed by atoms with van der Waals surface area (Å²) in [6, 6.07) is 12.1. The molecule has 23 heavy (non-hydrogen) atoms. The third-order valence-corrected chi connectivity index (χ3v) is 4.08. The minimum Gasteiger partial charge on any atom is -0.388 e. The first kappa shape index (κ1) is 17.0. The van der Waals surface area contributed by atoms with Crippen LogP contribution in [0.3, 0.4) is 0 Å². The average molecular weight is 311 g/mol. The zero-order valence-electron chi connectivity index (χ0n) is 14.0. The minimum absolute atomic E-state index is 0.106. The van der Waals surface area contributed by atoms with Crippen LogP contribution < -0.4 is 10.9 Å². The topological polar surface area (TPSA) is 57.8 Å². The molecule has 2 atom stereocenters. The molecular weight excluding hydrogens is 286 g/mol. The standard InChI is InChI=1S/C19H25N3O/c1-4-17(10-14(2)16-8-6-5-7-9-16)20-12-15(3)18-11-19(23)22-13-21-18/h4-9,11,13-15,20H,10,12H2,1-3H3,(H,21,22,23)/b17-4+. The number of H-pyrrole nitrogens is 1. The van der Waals surface area contributed by atoms with E-state index in [4.69, 9.17) is 0 Å². The highest BCUT2D eigenvalue weighted by atomic mass is 16.1. The number of aromatic amines is 1. The summed E-state index contributed by atoms with van der Waals surface area (Å²) in [5.41, 5.74) is 3.27. The van der Waals surface area contributed by atoms with Gasteiger partial charge in [0.1, 0.15) is 0 Å². The van der Waals surface area contributed by atoms with Crippen LogP contribution in [-0.4, -0.2) is 16.5 Å². The van der Waals surface area contributed by atoms with Crippen LogP contribution in [0, 0.1) is 0 Å². The molecular formula is C19H25N3O. The molecule has 0 amide bonds. The predicted octanol–water partition coefficient (Wildman–Crippen LogP) is 3.56. The van der Waals surface area contributed by atoms with Crippen LogP contribution in [0.2, 0.25) is 0 Å². The summed E-state index contributed by atoms with van der Waals surface area (Å²) in [4.78, 5) is 18.1. The average Bonchev–Trinajstić information content (AvgIpc) is 2.58. The Morgan fingerprint density at radius 3 is 2.65 bits per heavy atom. The molecule has 122 valence electrons. The van der Waals surface area contributed by atoms with Crippen molar-refractivity contribution < 1.29 is 0 Å². The molecule has 0 saturated carbocycles. The molecule has 4 nitrogen and oxygen atoms in total. The van der Waals surface area contributed by atoms with Gasteiger partial charge in [-0.05, 0) is 24.8 Å². The van der Waals surface area contributed by atoms with E-state index in [0.29, 0.717) is 5.92 Å². The summed E-state index contributed by atoms with van der Waals surface area (Å²) < 4.78 is 0.